The van der Waals surface area contributed by atoms with Gasteiger partial charge >= 0.3 is 0 Å². The van der Waals surface area contributed by atoms with E-state index in [0.717, 1.165) is 11.8 Å². The Morgan fingerprint density at radius 3 is 2.78 bits per heavy atom. The first-order valence-electron chi connectivity index (χ1n) is 9.45. The number of benzene rings is 1. The van der Waals surface area contributed by atoms with Crippen molar-refractivity contribution in [1.29, 1.82) is 10.7 Å². The fourth-order valence-corrected chi connectivity index (χ4v) is 2.62. The predicted octanol–water partition coefficient (Wildman–Crippen LogP) is 3.45. The van der Waals surface area contributed by atoms with Crippen molar-refractivity contribution in [1.82, 2.24) is 10.3 Å². The lowest BCUT2D eigenvalue weighted by atomic mass is 10.1. The molecule has 0 fully saturated rings. The number of hydrogen-bond acceptors (Lipinski definition) is 6. The van der Waals surface area contributed by atoms with Crippen LogP contribution in [0.25, 0.3) is 0 Å². The molecule has 160 valence electrons. The van der Waals surface area contributed by atoms with Crippen molar-refractivity contribution >= 4 is 24.7 Å². The number of halogens is 1. The van der Waals surface area contributed by atoms with E-state index < -0.39 is 11.9 Å². The van der Waals surface area contributed by atoms with E-state index in [2.05, 4.69) is 33.9 Å². The molecule has 0 bridgehead atoms. The van der Waals surface area contributed by atoms with E-state index >= 15 is 0 Å². The molecule has 0 saturated heterocycles. The third kappa shape index (κ3) is 6.75. The van der Waals surface area contributed by atoms with Crippen LogP contribution in [-0.4, -0.2) is 23.8 Å². The number of aliphatic imine (C=N–C) groups is 1. The van der Waals surface area contributed by atoms with Crippen molar-refractivity contribution < 1.29 is 9.18 Å². The van der Waals surface area contributed by atoms with Gasteiger partial charge in [-0.2, -0.15) is 5.26 Å². The van der Waals surface area contributed by atoms with Gasteiger partial charge in [0.2, 0.25) is 5.91 Å². The number of pyridine rings is 1. The van der Waals surface area contributed by atoms with E-state index in [1.54, 1.807) is 25.1 Å². The summed E-state index contributed by atoms with van der Waals surface area (Å²) in [4.78, 5) is 20.4. The van der Waals surface area contributed by atoms with Gasteiger partial charge in [0.15, 0.2) is 0 Å². The van der Waals surface area contributed by atoms with Crippen molar-refractivity contribution in [2.75, 3.05) is 5.73 Å². The highest BCUT2D eigenvalue weighted by molar-refractivity contribution is 5.94. The Morgan fingerprint density at radius 1 is 1.44 bits per heavy atom. The molecule has 1 heterocycles. The zero-order chi connectivity index (χ0) is 23.5. The fraction of sp³-hybridized carbons (Fsp3) is 0.125. The maximum atomic E-state index is 13.2. The van der Waals surface area contributed by atoms with Crippen LogP contribution in [0.2, 0.25) is 0 Å². The Labute approximate surface area is 185 Å². The minimum Gasteiger partial charge on any atom is -0.383 e. The largest absolute Gasteiger partial charge is 0.383 e. The average molecular weight is 428 g/mol. The summed E-state index contributed by atoms with van der Waals surface area (Å²) in [5.74, 6) is 5.17. The summed E-state index contributed by atoms with van der Waals surface area (Å²) in [6.07, 6.45) is 5.21. The average Bonchev–Trinajstić information content (AvgIpc) is 2.79. The lowest BCUT2D eigenvalue weighted by Crippen LogP contribution is -2.28. The molecule has 2 aromatic rings. The fourth-order valence-electron chi connectivity index (χ4n) is 2.62. The van der Waals surface area contributed by atoms with Gasteiger partial charge in [0.1, 0.15) is 17.7 Å². The summed E-state index contributed by atoms with van der Waals surface area (Å²) < 4.78 is 13.2. The van der Waals surface area contributed by atoms with Crippen molar-refractivity contribution in [3.63, 3.8) is 0 Å². The molecule has 1 amide bonds. The summed E-state index contributed by atoms with van der Waals surface area (Å²) in [6.45, 7) is 5.08. The standard InChI is InChI=1S/C24H21FN6O/c1-16(19-6-8-22(25)9-7-19)31-24(32)20(11-18(12-26)14-29-2)5-3-4-17-10-21(13-27)23(28)30-15-17/h6-11,13-16,27H,2,5H2,1H3,(H2,28,30)(H,31,32)/b18-14+,20-11+,27-13?. The number of nitriles is 1. The van der Waals surface area contributed by atoms with Gasteiger partial charge in [0.05, 0.1) is 11.6 Å². The van der Waals surface area contributed by atoms with E-state index in [0.29, 0.717) is 11.1 Å². The van der Waals surface area contributed by atoms with Crippen LogP contribution in [0.15, 0.2) is 64.9 Å². The van der Waals surface area contributed by atoms with Crippen molar-refractivity contribution in [2.45, 2.75) is 19.4 Å². The molecule has 32 heavy (non-hydrogen) atoms. The van der Waals surface area contributed by atoms with Gasteiger partial charge in [0, 0.05) is 41.7 Å². The Kier molecular flexibility index (Phi) is 8.58. The summed E-state index contributed by atoms with van der Waals surface area (Å²) >= 11 is 0. The molecule has 4 N–H and O–H groups in total. The molecule has 1 aromatic heterocycles. The van der Waals surface area contributed by atoms with Crippen LogP contribution in [-0.2, 0) is 4.79 Å². The van der Waals surface area contributed by atoms with E-state index in [4.69, 9.17) is 11.1 Å². The molecular weight excluding hydrogens is 407 g/mol. The number of carbonyl (C=O) groups excluding carboxylic acids is 1. The number of allylic oxidation sites excluding steroid dienone is 2. The Bertz CT molecular complexity index is 1180. The van der Waals surface area contributed by atoms with Crippen LogP contribution in [0.1, 0.15) is 36.1 Å². The van der Waals surface area contributed by atoms with Crippen LogP contribution in [0.4, 0.5) is 10.2 Å². The maximum Gasteiger partial charge on any atom is 0.248 e. The second-order valence-electron chi connectivity index (χ2n) is 6.62. The van der Waals surface area contributed by atoms with Gasteiger partial charge in [-0.05, 0) is 43.5 Å². The first-order chi connectivity index (χ1) is 15.4. The maximum absolute atomic E-state index is 13.2. The molecule has 0 radical (unpaired) electrons. The number of anilines is 1. The molecular formula is C24H21FN6O. The van der Waals surface area contributed by atoms with Crippen molar-refractivity contribution in [2.24, 2.45) is 4.99 Å². The zero-order valence-corrected chi connectivity index (χ0v) is 17.4. The molecule has 0 aliphatic rings. The smallest absolute Gasteiger partial charge is 0.248 e. The van der Waals surface area contributed by atoms with E-state index in [1.807, 2.05) is 6.07 Å². The predicted molar refractivity (Wildman–Crippen MR) is 122 cm³/mol. The van der Waals surface area contributed by atoms with Crippen LogP contribution in [0.5, 0.6) is 0 Å². The van der Waals surface area contributed by atoms with Crippen LogP contribution >= 0.6 is 0 Å². The summed E-state index contributed by atoms with van der Waals surface area (Å²) in [5, 5.41) is 19.4. The monoisotopic (exact) mass is 428 g/mol. The van der Waals surface area contributed by atoms with Gasteiger partial charge in [-0.3, -0.25) is 9.79 Å². The number of nitrogens with one attached hydrogen (secondary N) is 2. The molecule has 1 unspecified atom stereocenters. The van der Waals surface area contributed by atoms with Gasteiger partial charge < -0.3 is 16.5 Å². The minimum atomic E-state index is -0.433. The van der Waals surface area contributed by atoms with E-state index in [9.17, 15) is 14.4 Å². The first-order valence-corrected chi connectivity index (χ1v) is 9.45. The second kappa shape index (κ2) is 11.6. The number of aromatic nitrogens is 1. The van der Waals surface area contributed by atoms with Gasteiger partial charge in [0.25, 0.3) is 0 Å². The molecule has 0 saturated carbocycles. The second-order valence-corrected chi connectivity index (χ2v) is 6.62. The topological polar surface area (TPSA) is 128 Å². The number of nitrogens with zero attached hydrogens (tertiary/aromatic N) is 3. The van der Waals surface area contributed by atoms with Crippen LogP contribution < -0.4 is 11.1 Å². The minimum absolute atomic E-state index is 0.0302. The van der Waals surface area contributed by atoms with E-state index in [1.165, 1.54) is 30.6 Å². The Morgan fingerprint density at radius 2 is 2.16 bits per heavy atom. The van der Waals surface area contributed by atoms with Gasteiger partial charge in [-0.25, -0.2) is 9.37 Å². The number of carbonyl (C=O) groups is 1. The number of nitrogens with two attached hydrogens (primary N) is 1. The van der Waals surface area contributed by atoms with Crippen LogP contribution in [0.3, 0.4) is 0 Å². The van der Waals surface area contributed by atoms with E-state index in [-0.39, 0.29) is 29.2 Å². The highest BCUT2D eigenvalue weighted by Crippen LogP contribution is 2.15. The SMILES string of the molecule is C=N/C=C(C#N)\C=C(/CC#Cc1cnc(N)c(C=N)c1)C(=O)NC(C)c1ccc(F)cc1. The lowest BCUT2D eigenvalue weighted by molar-refractivity contribution is -0.118. The van der Waals surface area contributed by atoms with Gasteiger partial charge in [-0.15, -0.1) is 0 Å². The highest BCUT2D eigenvalue weighted by Gasteiger charge is 2.14. The highest BCUT2D eigenvalue weighted by atomic mass is 19.1. The quantitative estimate of drug-likeness (QED) is 0.205. The number of hydrogen-bond donors (Lipinski definition) is 3. The lowest BCUT2D eigenvalue weighted by Gasteiger charge is -2.15. The third-order valence-corrected chi connectivity index (χ3v) is 4.32. The summed E-state index contributed by atoms with van der Waals surface area (Å²) in [6, 6.07) is 8.96. The number of nitrogen functional groups attached to an aromatic ring is 1. The molecule has 0 aliphatic carbocycles. The Hall–Kier alpha value is -4.56. The first kappa shape index (κ1) is 23.7. The van der Waals surface area contributed by atoms with Gasteiger partial charge in [-0.1, -0.05) is 24.0 Å². The number of amides is 1. The molecule has 2 rings (SSSR count). The van der Waals surface area contributed by atoms with Crippen LogP contribution in [0, 0.1) is 34.4 Å². The van der Waals surface area contributed by atoms with Crippen molar-refractivity contribution in [3.8, 4) is 17.9 Å². The zero-order valence-electron chi connectivity index (χ0n) is 17.4. The molecule has 8 heteroatoms. The normalized spacial score (nSPS) is 12.0. The third-order valence-electron chi connectivity index (χ3n) is 4.32. The summed E-state index contributed by atoms with van der Waals surface area (Å²) in [5.41, 5.74) is 7.74. The Balaban J connectivity index is 2.27. The molecule has 0 aliphatic heterocycles. The molecule has 0 spiro atoms. The molecule has 1 atom stereocenters. The van der Waals surface area contributed by atoms with Crippen molar-refractivity contribution in [3.05, 3.63) is 82.5 Å². The summed E-state index contributed by atoms with van der Waals surface area (Å²) in [7, 11) is 0. The molecule has 7 nitrogen and oxygen atoms in total. The number of rotatable bonds is 7. The molecule has 1 aromatic carbocycles.